The molecule has 1 aliphatic rings. The van der Waals surface area contributed by atoms with Gasteiger partial charge in [-0.3, -0.25) is 4.79 Å². The molecule has 1 aliphatic heterocycles. The quantitative estimate of drug-likeness (QED) is 0.576. The van der Waals surface area contributed by atoms with Crippen LogP contribution in [0, 0.1) is 0 Å². The Balaban J connectivity index is 1.68. The average molecular weight is 495 g/mol. The number of methoxy groups -OCH3 is 2. The first kappa shape index (κ1) is 22.3. The van der Waals surface area contributed by atoms with Gasteiger partial charge >= 0.3 is 0 Å². The number of halogens is 1. The van der Waals surface area contributed by atoms with Crippen molar-refractivity contribution in [1.29, 1.82) is 0 Å². The third-order valence-electron chi connectivity index (χ3n) is 4.81. The molecule has 1 fully saturated rings. The molecule has 0 atom stereocenters. The van der Waals surface area contributed by atoms with E-state index in [1.807, 2.05) is 24.3 Å². The van der Waals surface area contributed by atoms with E-state index in [1.165, 1.54) is 30.7 Å². The second-order valence-electron chi connectivity index (χ2n) is 6.63. The molecule has 7 nitrogen and oxygen atoms in total. The number of sulfonamides is 1. The molecule has 0 N–H and O–H groups in total. The largest absolute Gasteiger partial charge is 0.497 e. The fraction of sp³-hybridized carbons (Fsp3) is 0.286. The molecule has 160 valence electrons. The van der Waals surface area contributed by atoms with Crippen molar-refractivity contribution >= 4 is 37.9 Å². The molecule has 1 amide bonds. The van der Waals surface area contributed by atoms with E-state index in [4.69, 9.17) is 9.47 Å². The van der Waals surface area contributed by atoms with E-state index < -0.39 is 10.0 Å². The first-order chi connectivity index (χ1) is 14.3. The van der Waals surface area contributed by atoms with Crippen LogP contribution in [0.25, 0.3) is 6.08 Å². The van der Waals surface area contributed by atoms with Crippen LogP contribution in [0.2, 0.25) is 0 Å². The normalized spacial score (nSPS) is 15.4. The summed E-state index contributed by atoms with van der Waals surface area (Å²) in [6, 6.07) is 12.3. The number of piperazine rings is 1. The predicted octanol–water partition coefficient (Wildman–Crippen LogP) is 3.01. The van der Waals surface area contributed by atoms with Gasteiger partial charge in [0.2, 0.25) is 15.9 Å². The summed E-state index contributed by atoms with van der Waals surface area (Å²) in [5.41, 5.74) is 0.907. The Morgan fingerprint density at radius 1 is 1.03 bits per heavy atom. The highest BCUT2D eigenvalue weighted by Gasteiger charge is 2.32. The van der Waals surface area contributed by atoms with Gasteiger partial charge in [0.15, 0.2) is 0 Å². The first-order valence-electron chi connectivity index (χ1n) is 9.30. The van der Waals surface area contributed by atoms with Gasteiger partial charge in [0.1, 0.15) is 16.4 Å². The van der Waals surface area contributed by atoms with Crippen LogP contribution in [0.4, 0.5) is 0 Å². The molecule has 1 heterocycles. The third kappa shape index (κ3) is 5.03. The Kier molecular flexibility index (Phi) is 7.17. The number of amides is 1. The van der Waals surface area contributed by atoms with Gasteiger partial charge in [-0.15, -0.1) is 0 Å². The van der Waals surface area contributed by atoms with Gasteiger partial charge in [-0.1, -0.05) is 28.1 Å². The molecule has 2 aromatic carbocycles. The number of hydrogen-bond donors (Lipinski definition) is 0. The Bertz CT molecular complexity index is 1050. The molecule has 0 radical (unpaired) electrons. The Hall–Kier alpha value is -2.36. The smallest absolute Gasteiger partial charge is 0.247 e. The van der Waals surface area contributed by atoms with Crippen molar-refractivity contribution in [3.63, 3.8) is 0 Å². The summed E-state index contributed by atoms with van der Waals surface area (Å²) in [5.74, 6) is 0.540. The van der Waals surface area contributed by atoms with E-state index in [-0.39, 0.29) is 29.6 Å². The topological polar surface area (TPSA) is 76.2 Å². The summed E-state index contributed by atoms with van der Waals surface area (Å²) < 4.78 is 38.9. The van der Waals surface area contributed by atoms with Crippen LogP contribution in [0.3, 0.4) is 0 Å². The number of ether oxygens (including phenoxy) is 2. The molecule has 9 heteroatoms. The van der Waals surface area contributed by atoms with Gasteiger partial charge in [-0.25, -0.2) is 8.42 Å². The molecule has 0 unspecified atom stereocenters. The summed E-state index contributed by atoms with van der Waals surface area (Å²) in [4.78, 5) is 14.2. The van der Waals surface area contributed by atoms with Gasteiger partial charge in [0.25, 0.3) is 0 Å². The fourth-order valence-electron chi connectivity index (χ4n) is 3.16. The van der Waals surface area contributed by atoms with E-state index in [2.05, 4.69) is 15.9 Å². The number of rotatable bonds is 6. The summed E-state index contributed by atoms with van der Waals surface area (Å²) in [6.07, 6.45) is 3.26. The Morgan fingerprint density at radius 2 is 1.77 bits per heavy atom. The fourth-order valence-corrected chi connectivity index (χ4v) is 5.17. The van der Waals surface area contributed by atoms with Gasteiger partial charge in [0, 0.05) is 42.8 Å². The SMILES string of the molecule is COc1ccc(OC)c(S(=O)(=O)N2CCN(C(=O)/C=C/c3cccc(Br)c3)CC2)c1. The second-order valence-corrected chi connectivity index (χ2v) is 9.46. The minimum absolute atomic E-state index is 0.0543. The molecular weight excluding hydrogens is 472 g/mol. The lowest BCUT2D eigenvalue weighted by Crippen LogP contribution is -2.50. The van der Waals surface area contributed by atoms with Crippen LogP contribution in [-0.2, 0) is 14.8 Å². The minimum Gasteiger partial charge on any atom is -0.497 e. The third-order valence-corrected chi connectivity index (χ3v) is 7.22. The maximum absolute atomic E-state index is 13.1. The molecule has 0 saturated carbocycles. The van der Waals surface area contributed by atoms with Gasteiger partial charge in [-0.2, -0.15) is 4.31 Å². The number of benzene rings is 2. The van der Waals surface area contributed by atoms with Crippen LogP contribution in [0.15, 0.2) is 57.9 Å². The Labute approximate surface area is 185 Å². The lowest BCUT2D eigenvalue weighted by atomic mass is 10.2. The highest BCUT2D eigenvalue weighted by Crippen LogP contribution is 2.31. The lowest BCUT2D eigenvalue weighted by molar-refractivity contribution is -0.127. The van der Waals surface area contributed by atoms with Crippen LogP contribution < -0.4 is 9.47 Å². The van der Waals surface area contributed by atoms with Crippen LogP contribution >= 0.6 is 15.9 Å². The van der Waals surface area contributed by atoms with Crippen LogP contribution in [0.1, 0.15) is 5.56 Å². The van der Waals surface area contributed by atoms with Crippen molar-refractivity contribution in [2.45, 2.75) is 4.90 Å². The monoisotopic (exact) mass is 494 g/mol. The van der Waals surface area contributed by atoms with Crippen LogP contribution in [0.5, 0.6) is 11.5 Å². The predicted molar refractivity (Wildman–Crippen MR) is 118 cm³/mol. The van der Waals surface area contributed by atoms with E-state index in [1.54, 1.807) is 23.1 Å². The number of carbonyl (C=O) groups is 1. The molecule has 2 aromatic rings. The van der Waals surface area contributed by atoms with Gasteiger partial charge in [0.05, 0.1) is 14.2 Å². The highest BCUT2D eigenvalue weighted by atomic mass is 79.9. The second kappa shape index (κ2) is 9.63. The van der Waals surface area contributed by atoms with E-state index in [9.17, 15) is 13.2 Å². The summed E-state index contributed by atoms with van der Waals surface area (Å²) in [7, 11) is -0.877. The minimum atomic E-state index is -3.78. The van der Waals surface area contributed by atoms with Crippen molar-refractivity contribution in [2.75, 3.05) is 40.4 Å². The van der Waals surface area contributed by atoms with E-state index in [0.717, 1.165) is 10.0 Å². The maximum atomic E-state index is 13.1. The summed E-state index contributed by atoms with van der Waals surface area (Å²) >= 11 is 3.40. The van der Waals surface area contributed by atoms with Crippen LogP contribution in [-0.4, -0.2) is 63.9 Å². The molecule has 0 spiro atoms. The maximum Gasteiger partial charge on any atom is 0.247 e. The molecule has 0 aromatic heterocycles. The molecular formula is C21H23BrN2O5S. The van der Waals surface area contributed by atoms with Crippen molar-refractivity contribution in [1.82, 2.24) is 9.21 Å². The molecule has 0 bridgehead atoms. The van der Waals surface area contributed by atoms with Gasteiger partial charge in [-0.05, 0) is 35.9 Å². The number of nitrogens with zero attached hydrogens (tertiary/aromatic N) is 2. The molecule has 3 rings (SSSR count). The van der Waals surface area contributed by atoms with Crippen molar-refractivity contribution in [3.05, 3.63) is 58.6 Å². The van der Waals surface area contributed by atoms with E-state index >= 15 is 0 Å². The van der Waals surface area contributed by atoms with E-state index in [0.29, 0.717) is 18.8 Å². The number of hydrogen-bond acceptors (Lipinski definition) is 5. The van der Waals surface area contributed by atoms with Crippen molar-refractivity contribution in [2.24, 2.45) is 0 Å². The molecule has 30 heavy (non-hydrogen) atoms. The van der Waals surface area contributed by atoms with Gasteiger partial charge < -0.3 is 14.4 Å². The average Bonchev–Trinajstić information content (AvgIpc) is 2.77. The lowest BCUT2D eigenvalue weighted by Gasteiger charge is -2.33. The summed E-state index contributed by atoms with van der Waals surface area (Å²) in [5, 5.41) is 0. The highest BCUT2D eigenvalue weighted by molar-refractivity contribution is 9.10. The zero-order valence-electron chi connectivity index (χ0n) is 16.7. The zero-order valence-corrected chi connectivity index (χ0v) is 19.1. The standard InChI is InChI=1S/C21H23BrN2O5S/c1-28-18-7-8-19(29-2)20(15-18)30(26,27)24-12-10-23(11-13-24)21(25)9-6-16-4-3-5-17(22)14-16/h3-9,14-15H,10-13H2,1-2H3/b9-6+. The van der Waals surface area contributed by atoms with Crippen molar-refractivity contribution in [3.8, 4) is 11.5 Å². The number of carbonyl (C=O) groups excluding carboxylic acids is 1. The molecule has 1 saturated heterocycles. The van der Waals surface area contributed by atoms with Crippen molar-refractivity contribution < 1.29 is 22.7 Å². The molecule has 0 aliphatic carbocycles. The Morgan fingerprint density at radius 3 is 2.40 bits per heavy atom. The summed E-state index contributed by atoms with van der Waals surface area (Å²) in [6.45, 7) is 1.04. The zero-order chi connectivity index (χ0) is 21.7. The first-order valence-corrected chi connectivity index (χ1v) is 11.5.